The van der Waals surface area contributed by atoms with Crippen LogP contribution in [0.1, 0.15) is 5.56 Å². The van der Waals surface area contributed by atoms with Gasteiger partial charge in [0.2, 0.25) is 0 Å². The molecule has 0 spiro atoms. The molecule has 1 nitrogen and oxygen atoms in total. The van der Waals surface area contributed by atoms with E-state index in [1.54, 1.807) is 0 Å². The lowest BCUT2D eigenvalue weighted by Gasteiger charge is -2.11. The van der Waals surface area contributed by atoms with Crippen molar-refractivity contribution >= 4 is 22.5 Å². The number of fused-ring (bicyclic) bond motifs is 2. The van der Waals surface area contributed by atoms with Gasteiger partial charge in [0.05, 0.1) is 0 Å². The van der Waals surface area contributed by atoms with E-state index in [1.165, 1.54) is 22.0 Å². The van der Waals surface area contributed by atoms with E-state index < -0.39 is 0 Å². The highest BCUT2D eigenvalue weighted by Gasteiger charge is 1.98. The predicted molar refractivity (Wildman–Crippen MR) is 87.9 cm³/mol. The average molecular weight is 259 g/mol. The first kappa shape index (κ1) is 12.5. The van der Waals surface area contributed by atoms with E-state index in [-0.39, 0.29) is 0 Å². The first-order valence-corrected chi connectivity index (χ1v) is 6.87. The number of benzene rings is 3. The molecule has 0 amide bonds. The first-order chi connectivity index (χ1) is 9.93. The second-order valence-electron chi connectivity index (χ2n) is 4.72. The standard InChI is InChI=1S/C10H8.C9H9N/c1-2-6-10-8-4-3-7-9(10)5-1;1-2-6-9-8(4-1)5-3-7-10-9/h1-8H;1-6,10H,7H2. The van der Waals surface area contributed by atoms with Gasteiger partial charge in [-0.1, -0.05) is 78.9 Å². The molecule has 1 heterocycles. The van der Waals surface area contributed by atoms with Crippen LogP contribution in [-0.2, 0) is 0 Å². The molecule has 20 heavy (non-hydrogen) atoms. The van der Waals surface area contributed by atoms with Gasteiger partial charge in [0, 0.05) is 12.2 Å². The number of hydrogen-bond donors (Lipinski definition) is 1. The maximum Gasteiger partial charge on any atom is 0.0416 e. The van der Waals surface area contributed by atoms with Crippen LogP contribution in [0.5, 0.6) is 0 Å². The largest absolute Gasteiger partial charge is 0.381 e. The van der Waals surface area contributed by atoms with E-state index in [0.717, 1.165) is 6.54 Å². The van der Waals surface area contributed by atoms with Crippen molar-refractivity contribution in [2.45, 2.75) is 0 Å². The first-order valence-electron chi connectivity index (χ1n) is 6.87. The summed E-state index contributed by atoms with van der Waals surface area (Å²) < 4.78 is 0. The molecule has 1 aliphatic heterocycles. The summed E-state index contributed by atoms with van der Waals surface area (Å²) in [6.07, 6.45) is 4.27. The molecular formula is C19H17N. The zero-order valence-corrected chi connectivity index (χ0v) is 11.3. The summed E-state index contributed by atoms with van der Waals surface area (Å²) in [5.74, 6) is 0. The van der Waals surface area contributed by atoms with Crippen molar-refractivity contribution in [2.24, 2.45) is 0 Å². The van der Waals surface area contributed by atoms with Gasteiger partial charge in [0.1, 0.15) is 0 Å². The van der Waals surface area contributed by atoms with Crippen molar-refractivity contribution in [1.29, 1.82) is 0 Å². The summed E-state index contributed by atoms with van der Waals surface area (Å²) in [4.78, 5) is 0. The quantitative estimate of drug-likeness (QED) is 0.601. The van der Waals surface area contributed by atoms with Crippen molar-refractivity contribution in [3.8, 4) is 0 Å². The van der Waals surface area contributed by atoms with E-state index in [9.17, 15) is 0 Å². The van der Waals surface area contributed by atoms with Crippen LogP contribution < -0.4 is 5.32 Å². The summed E-state index contributed by atoms with van der Waals surface area (Å²) in [5, 5.41) is 5.90. The minimum Gasteiger partial charge on any atom is -0.381 e. The third kappa shape index (κ3) is 2.89. The van der Waals surface area contributed by atoms with Crippen LogP contribution in [0.3, 0.4) is 0 Å². The number of rotatable bonds is 0. The van der Waals surface area contributed by atoms with Gasteiger partial charge in [-0.25, -0.2) is 0 Å². The molecule has 0 fully saturated rings. The topological polar surface area (TPSA) is 12.0 Å². The highest BCUT2D eigenvalue weighted by molar-refractivity contribution is 5.82. The summed E-state index contributed by atoms with van der Waals surface area (Å²) in [7, 11) is 0. The van der Waals surface area contributed by atoms with Gasteiger partial charge in [-0.05, 0) is 22.4 Å². The van der Waals surface area contributed by atoms with Gasteiger partial charge in [-0.3, -0.25) is 0 Å². The molecular weight excluding hydrogens is 242 g/mol. The molecule has 98 valence electrons. The fourth-order valence-corrected chi connectivity index (χ4v) is 2.29. The molecule has 0 aromatic heterocycles. The van der Waals surface area contributed by atoms with Crippen LogP contribution in [0.2, 0.25) is 0 Å². The molecule has 0 saturated carbocycles. The van der Waals surface area contributed by atoms with E-state index in [4.69, 9.17) is 0 Å². The lowest BCUT2D eigenvalue weighted by atomic mass is 10.1. The molecule has 0 bridgehead atoms. The number of anilines is 1. The van der Waals surface area contributed by atoms with Gasteiger partial charge in [-0.15, -0.1) is 0 Å². The zero-order chi connectivity index (χ0) is 13.6. The minimum absolute atomic E-state index is 0.955. The van der Waals surface area contributed by atoms with Crippen LogP contribution in [0, 0.1) is 0 Å². The van der Waals surface area contributed by atoms with Crippen LogP contribution in [0.25, 0.3) is 16.8 Å². The zero-order valence-electron chi connectivity index (χ0n) is 11.3. The molecule has 0 unspecified atom stereocenters. The van der Waals surface area contributed by atoms with Crippen molar-refractivity contribution in [3.63, 3.8) is 0 Å². The fourth-order valence-electron chi connectivity index (χ4n) is 2.29. The minimum atomic E-state index is 0.955. The SMILES string of the molecule is C1=Cc2ccccc2NC1.c1ccc2ccccc2c1. The Bertz CT molecular complexity index is 663. The summed E-state index contributed by atoms with van der Waals surface area (Å²) in [5.41, 5.74) is 2.53. The number of para-hydroxylation sites is 1. The van der Waals surface area contributed by atoms with Gasteiger partial charge in [0.15, 0.2) is 0 Å². The normalized spacial score (nSPS) is 12.0. The Morgan fingerprint density at radius 1 is 0.650 bits per heavy atom. The summed E-state index contributed by atoms with van der Waals surface area (Å²) in [6, 6.07) is 25.0. The van der Waals surface area contributed by atoms with E-state index in [2.05, 4.69) is 84.2 Å². The number of nitrogens with one attached hydrogen (secondary N) is 1. The van der Waals surface area contributed by atoms with Gasteiger partial charge in [-0.2, -0.15) is 0 Å². The van der Waals surface area contributed by atoms with Crippen molar-refractivity contribution in [1.82, 2.24) is 0 Å². The monoisotopic (exact) mass is 259 g/mol. The maximum absolute atomic E-state index is 3.28. The van der Waals surface area contributed by atoms with Gasteiger partial charge in [0.25, 0.3) is 0 Å². The maximum atomic E-state index is 3.28. The van der Waals surface area contributed by atoms with E-state index in [0.29, 0.717) is 0 Å². The van der Waals surface area contributed by atoms with Crippen LogP contribution >= 0.6 is 0 Å². The Kier molecular flexibility index (Phi) is 3.79. The predicted octanol–water partition coefficient (Wildman–Crippen LogP) is 4.97. The van der Waals surface area contributed by atoms with E-state index >= 15 is 0 Å². The molecule has 1 N–H and O–H groups in total. The Labute approximate surface area is 119 Å². The molecule has 4 rings (SSSR count). The highest BCUT2D eigenvalue weighted by Crippen LogP contribution is 2.18. The molecule has 0 saturated heterocycles. The molecule has 3 aromatic carbocycles. The fraction of sp³-hybridized carbons (Fsp3) is 0.0526. The Morgan fingerprint density at radius 2 is 1.20 bits per heavy atom. The second-order valence-corrected chi connectivity index (χ2v) is 4.72. The van der Waals surface area contributed by atoms with Crippen LogP contribution in [0.4, 0.5) is 5.69 Å². The Balaban J connectivity index is 0.000000121. The Hall–Kier alpha value is -2.54. The van der Waals surface area contributed by atoms with Crippen molar-refractivity contribution in [2.75, 3.05) is 11.9 Å². The molecule has 0 atom stereocenters. The van der Waals surface area contributed by atoms with Crippen molar-refractivity contribution < 1.29 is 0 Å². The molecule has 3 aromatic rings. The third-order valence-electron chi connectivity index (χ3n) is 3.33. The lowest BCUT2D eigenvalue weighted by molar-refractivity contribution is 1.31. The number of hydrogen-bond acceptors (Lipinski definition) is 1. The average Bonchev–Trinajstić information content (AvgIpc) is 2.56. The molecule has 0 aliphatic carbocycles. The Morgan fingerprint density at radius 3 is 1.80 bits per heavy atom. The van der Waals surface area contributed by atoms with E-state index in [1.807, 2.05) is 6.07 Å². The second kappa shape index (κ2) is 6.07. The van der Waals surface area contributed by atoms with Crippen LogP contribution in [-0.4, -0.2) is 6.54 Å². The summed E-state index contributed by atoms with van der Waals surface area (Å²) >= 11 is 0. The molecule has 0 radical (unpaired) electrons. The lowest BCUT2D eigenvalue weighted by Crippen LogP contribution is -2.03. The van der Waals surface area contributed by atoms with Crippen molar-refractivity contribution in [3.05, 3.63) is 84.4 Å². The summed E-state index contributed by atoms with van der Waals surface area (Å²) in [6.45, 7) is 0.955. The molecule has 1 heteroatoms. The molecule has 1 aliphatic rings. The van der Waals surface area contributed by atoms with Gasteiger partial charge >= 0.3 is 0 Å². The highest BCUT2D eigenvalue weighted by atomic mass is 14.9. The van der Waals surface area contributed by atoms with Crippen LogP contribution in [0.15, 0.2) is 78.9 Å². The third-order valence-corrected chi connectivity index (χ3v) is 3.33. The van der Waals surface area contributed by atoms with Gasteiger partial charge < -0.3 is 5.32 Å². The smallest absolute Gasteiger partial charge is 0.0416 e.